The zero-order chi connectivity index (χ0) is 14.8. The lowest BCUT2D eigenvalue weighted by atomic mass is 10.2. The first-order valence-electron chi connectivity index (χ1n) is 6.45. The number of ether oxygens (including phenoxy) is 1. The Labute approximate surface area is 119 Å². The van der Waals surface area contributed by atoms with Crippen molar-refractivity contribution < 1.29 is 9.13 Å². The minimum Gasteiger partial charge on any atom is -0.374 e. The summed E-state index contributed by atoms with van der Waals surface area (Å²) < 4.78 is 19.1. The second-order valence-corrected chi connectivity index (χ2v) is 4.45. The van der Waals surface area contributed by atoms with Gasteiger partial charge in [-0.05, 0) is 11.6 Å². The number of hydrogen-bond acceptors (Lipinski definition) is 4. The van der Waals surface area contributed by atoms with Crippen molar-refractivity contribution in [1.29, 1.82) is 0 Å². The molecule has 0 spiro atoms. The molecule has 1 rings (SSSR count). The normalized spacial score (nSPS) is 14.2. The molecule has 0 radical (unpaired) electrons. The van der Waals surface area contributed by atoms with Gasteiger partial charge < -0.3 is 15.5 Å². The van der Waals surface area contributed by atoms with Crippen LogP contribution in [-0.2, 0) is 11.3 Å². The molecule has 2 atom stereocenters. The highest BCUT2D eigenvalue weighted by molar-refractivity contribution is 5.13. The predicted octanol–water partition coefficient (Wildman–Crippen LogP) is 1.74. The first kappa shape index (κ1) is 16.4. The molecule has 1 aromatic rings. The second kappa shape index (κ2) is 9.25. The lowest BCUT2D eigenvalue weighted by molar-refractivity contribution is 0.0556. The largest absolute Gasteiger partial charge is 0.374 e. The lowest BCUT2D eigenvalue weighted by Crippen LogP contribution is -2.45. The number of hydrogen-bond donors (Lipinski definition) is 2. The van der Waals surface area contributed by atoms with E-state index < -0.39 is 12.2 Å². The summed E-state index contributed by atoms with van der Waals surface area (Å²) in [6.45, 7) is 4.06. The van der Waals surface area contributed by atoms with E-state index in [0.717, 1.165) is 5.56 Å². The van der Waals surface area contributed by atoms with Crippen molar-refractivity contribution >= 4 is 0 Å². The summed E-state index contributed by atoms with van der Waals surface area (Å²) in [5.41, 5.74) is 6.74. The third-order valence-corrected chi connectivity index (χ3v) is 2.69. The van der Waals surface area contributed by atoms with Crippen LogP contribution in [0.3, 0.4) is 0 Å². The van der Waals surface area contributed by atoms with Crippen LogP contribution in [0, 0.1) is 0 Å². The molecule has 0 fully saturated rings. The highest BCUT2D eigenvalue weighted by Crippen LogP contribution is 2.04. The first-order valence-corrected chi connectivity index (χ1v) is 6.45. The predicted molar refractivity (Wildman–Crippen MR) is 79.2 cm³/mol. The molecule has 0 amide bonds. The Kier molecular flexibility index (Phi) is 7.57. The molecule has 0 saturated carbocycles. The fraction of sp³-hybridized carbons (Fsp3) is 0.333. The first-order chi connectivity index (χ1) is 9.63. The molecule has 0 aromatic heterocycles. The molecule has 0 bridgehead atoms. The monoisotopic (exact) mass is 279 g/mol. The number of benzene rings is 1. The summed E-state index contributed by atoms with van der Waals surface area (Å²) in [5, 5.41) is 1.33. The topological polar surface area (TPSA) is 64.5 Å². The molecular weight excluding hydrogens is 257 g/mol. The van der Waals surface area contributed by atoms with E-state index in [4.69, 9.17) is 16.3 Å². The molecule has 0 saturated heterocycles. The van der Waals surface area contributed by atoms with Gasteiger partial charge >= 0.3 is 0 Å². The molecule has 0 heterocycles. The number of allylic oxidation sites excluding steroid dienone is 2. The average Bonchev–Trinajstić information content (AvgIpc) is 2.46. The minimum atomic E-state index is -1.26. The molecule has 0 unspecified atom stereocenters. The van der Waals surface area contributed by atoms with Gasteiger partial charge in [-0.1, -0.05) is 43.0 Å². The van der Waals surface area contributed by atoms with E-state index in [-0.39, 0.29) is 13.2 Å². The van der Waals surface area contributed by atoms with Crippen LogP contribution in [0.4, 0.5) is 4.39 Å². The van der Waals surface area contributed by atoms with Gasteiger partial charge in [-0.25, -0.2) is 10.2 Å². The summed E-state index contributed by atoms with van der Waals surface area (Å²) in [4.78, 5) is 0. The van der Waals surface area contributed by atoms with Gasteiger partial charge in [-0.15, -0.1) is 0 Å². The third-order valence-electron chi connectivity index (χ3n) is 2.69. The summed E-state index contributed by atoms with van der Waals surface area (Å²) in [7, 11) is 0. The van der Waals surface area contributed by atoms with Crippen LogP contribution in [0.25, 0.3) is 0 Å². The van der Waals surface area contributed by atoms with Crippen LogP contribution in [0.15, 0.2) is 55.3 Å². The van der Waals surface area contributed by atoms with E-state index in [2.05, 4.69) is 6.58 Å². The van der Waals surface area contributed by atoms with Crippen molar-refractivity contribution in [3.63, 3.8) is 0 Å². The summed E-state index contributed by atoms with van der Waals surface area (Å²) in [6, 6.07) is 8.89. The SMILES string of the molecule is C=C/C=C\N(N)C[C@H](N)[C@H](F)COCc1ccccc1. The van der Waals surface area contributed by atoms with Gasteiger partial charge in [-0.2, -0.15) is 0 Å². The van der Waals surface area contributed by atoms with Gasteiger partial charge in [0.15, 0.2) is 0 Å². The van der Waals surface area contributed by atoms with E-state index in [9.17, 15) is 4.39 Å². The zero-order valence-electron chi connectivity index (χ0n) is 11.5. The zero-order valence-corrected chi connectivity index (χ0v) is 11.5. The van der Waals surface area contributed by atoms with Crippen molar-refractivity contribution in [2.24, 2.45) is 11.6 Å². The standard InChI is InChI=1S/C15H22FN3O/c1-2-3-9-19(18)10-15(17)14(16)12-20-11-13-7-5-4-6-8-13/h2-9,14-15H,1,10-12,17-18H2/b9-3-/t14-,15+/m1/s1. The highest BCUT2D eigenvalue weighted by Gasteiger charge is 2.18. The maximum absolute atomic E-state index is 13.8. The lowest BCUT2D eigenvalue weighted by Gasteiger charge is -2.22. The van der Waals surface area contributed by atoms with Crippen LogP contribution in [0.1, 0.15) is 5.56 Å². The second-order valence-electron chi connectivity index (χ2n) is 4.45. The Hall–Kier alpha value is -1.69. The van der Waals surface area contributed by atoms with Gasteiger partial charge in [-0.3, -0.25) is 0 Å². The van der Waals surface area contributed by atoms with E-state index in [1.54, 1.807) is 18.4 Å². The summed E-state index contributed by atoms with van der Waals surface area (Å²) in [6.07, 6.45) is 3.57. The van der Waals surface area contributed by atoms with Crippen molar-refractivity contribution in [3.05, 3.63) is 60.8 Å². The Bertz CT molecular complexity index is 411. The van der Waals surface area contributed by atoms with E-state index in [0.29, 0.717) is 6.61 Å². The number of alkyl halides is 1. The minimum absolute atomic E-state index is 0.0466. The summed E-state index contributed by atoms with van der Waals surface area (Å²) in [5.74, 6) is 5.63. The van der Waals surface area contributed by atoms with Gasteiger partial charge in [0, 0.05) is 6.20 Å². The van der Waals surface area contributed by atoms with Crippen molar-refractivity contribution in [2.75, 3.05) is 13.2 Å². The number of halogens is 1. The molecule has 0 aliphatic heterocycles. The van der Waals surface area contributed by atoms with Crippen LogP contribution >= 0.6 is 0 Å². The van der Waals surface area contributed by atoms with Crippen molar-refractivity contribution in [1.82, 2.24) is 5.01 Å². The average molecular weight is 279 g/mol. The molecule has 4 N–H and O–H groups in total. The van der Waals surface area contributed by atoms with Crippen LogP contribution in [0.2, 0.25) is 0 Å². The number of nitrogens with two attached hydrogens (primary N) is 2. The van der Waals surface area contributed by atoms with E-state index in [1.165, 1.54) is 5.01 Å². The molecule has 0 aliphatic carbocycles. The third kappa shape index (κ3) is 6.47. The van der Waals surface area contributed by atoms with E-state index in [1.807, 2.05) is 30.3 Å². The van der Waals surface area contributed by atoms with Gasteiger partial charge in [0.1, 0.15) is 6.17 Å². The smallest absolute Gasteiger partial charge is 0.140 e. The van der Waals surface area contributed by atoms with Gasteiger partial charge in [0.2, 0.25) is 0 Å². The van der Waals surface area contributed by atoms with Crippen LogP contribution in [0.5, 0.6) is 0 Å². The Morgan fingerprint density at radius 1 is 1.35 bits per heavy atom. The quantitative estimate of drug-likeness (QED) is 0.410. The Balaban J connectivity index is 2.26. The number of rotatable bonds is 9. The Morgan fingerprint density at radius 2 is 2.05 bits per heavy atom. The van der Waals surface area contributed by atoms with Crippen LogP contribution < -0.4 is 11.6 Å². The Morgan fingerprint density at radius 3 is 2.70 bits per heavy atom. The fourth-order valence-corrected chi connectivity index (χ4v) is 1.58. The maximum Gasteiger partial charge on any atom is 0.140 e. The maximum atomic E-state index is 13.8. The van der Waals surface area contributed by atoms with Crippen LogP contribution in [-0.4, -0.2) is 30.4 Å². The number of nitrogens with zero attached hydrogens (tertiary/aromatic N) is 1. The van der Waals surface area contributed by atoms with Crippen molar-refractivity contribution in [3.8, 4) is 0 Å². The fourth-order valence-electron chi connectivity index (χ4n) is 1.58. The summed E-state index contributed by atoms with van der Waals surface area (Å²) >= 11 is 0. The van der Waals surface area contributed by atoms with E-state index >= 15 is 0 Å². The van der Waals surface area contributed by atoms with Crippen molar-refractivity contribution in [2.45, 2.75) is 18.8 Å². The highest BCUT2D eigenvalue weighted by atomic mass is 19.1. The molecule has 4 nitrogen and oxygen atoms in total. The number of hydrazine groups is 1. The molecule has 1 aromatic carbocycles. The van der Waals surface area contributed by atoms with Gasteiger partial charge in [0.05, 0.1) is 25.8 Å². The molecule has 5 heteroatoms. The van der Waals surface area contributed by atoms with Gasteiger partial charge in [0.25, 0.3) is 0 Å². The molecule has 110 valence electrons. The molecular formula is C15H22FN3O. The molecule has 0 aliphatic rings. The molecule has 20 heavy (non-hydrogen) atoms.